The molecule has 0 aromatic heterocycles. The number of phenols is 1. The summed E-state index contributed by atoms with van der Waals surface area (Å²) in [4.78, 5) is 12.0. The molecule has 0 aliphatic carbocycles. The van der Waals surface area contributed by atoms with Crippen LogP contribution in [0.15, 0.2) is 91.0 Å². The van der Waals surface area contributed by atoms with Gasteiger partial charge in [0.1, 0.15) is 11.7 Å². The second-order valence-corrected chi connectivity index (χ2v) is 6.07. The van der Waals surface area contributed by atoms with Crippen molar-refractivity contribution in [2.45, 2.75) is 0 Å². The Morgan fingerprint density at radius 3 is 2.23 bits per heavy atom. The van der Waals surface area contributed by atoms with E-state index in [4.69, 9.17) is 0 Å². The van der Waals surface area contributed by atoms with E-state index in [1.165, 1.54) is 0 Å². The molecule has 0 heterocycles. The molecule has 1 N–H and O–H groups in total. The molecule has 4 aromatic rings. The molecule has 2 nitrogen and oxygen atoms in total. The molecule has 0 amide bonds. The lowest BCUT2D eigenvalue weighted by molar-refractivity contribution is 0.474. The summed E-state index contributed by atoms with van der Waals surface area (Å²) in [5, 5.41) is 12.3. The highest BCUT2D eigenvalue weighted by atomic mass is 16.3. The van der Waals surface area contributed by atoms with Crippen molar-refractivity contribution in [3.05, 3.63) is 102 Å². The van der Waals surface area contributed by atoms with Gasteiger partial charge in [0.2, 0.25) is 0 Å². The molecule has 4 aromatic carbocycles. The number of hydrogen-bond acceptors (Lipinski definition) is 2. The van der Waals surface area contributed by atoms with Gasteiger partial charge in [0.25, 0.3) is 0 Å². The molecular weight excluding hydrogens is 320 g/mol. The van der Waals surface area contributed by atoms with E-state index in [9.17, 15) is 9.90 Å². The molecule has 0 bridgehead atoms. The Hall–Kier alpha value is -3.61. The summed E-state index contributed by atoms with van der Waals surface area (Å²) in [7, 11) is 0. The fraction of sp³-hybridized carbons (Fsp3) is 0. The van der Waals surface area contributed by atoms with Crippen molar-refractivity contribution in [1.29, 1.82) is 0 Å². The third kappa shape index (κ3) is 2.69. The first-order valence-electron chi connectivity index (χ1n) is 8.40. The van der Waals surface area contributed by atoms with E-state index in [1.807, 2.05) is 84.9 Å². The molecule has 124 valence electrons. The van der Waals surface area contributed by atoms with Gasteiger partial charge in [-0.1, -0.05) is 84.9 Å². The molecule has 4 rings (SSSR count). The van der Waals surface area contributed by atoms with Gasteiger partial charge in [-0.05, 0) is 28.0 Å². The van der Waals surface area contributed by atoms with Gasteiger partial charge in [-0.25, -0.2) is 4.79 Å². The zero-order valence-corrected chi connectivity index (χ0v) is 14.0. The van der Waals surface area contributed by atoms with Crippen LogP contribution in [0.4, 0.5) is 0 Å². The predicted molar refractivity (Wildman–Crippen MR) is 106 cm³/mol. The fourth-order valence-electron chi connectivity index (χ4n) is 3.33. The van der Waals surface area contributed by atoms with E-state index in [0.29, 0.717) is 11.1 Å². The average molecular weight is 336 g/mol. The molecule has 0 unspecified atom stereocenters. The third-order valence-electron chi connectivity index (χ3n) is 4.54. The number of rotatable bonds is 3. The van der Waals surface area contributed by atoms with E-state index in [0.717, 1.165) is 27.5 Å². The van der Waals surface area contributed by atoms with Crippen LogP contribution in [0, 0.1) is 0 Å². The Balaban J connectivity index is 2.01. The topological polar surface area (TPSA) is 37.3 Å². The number of benzene rings is 4. The van der Waals surface area contributed by atoms with Gasteiger partial charge >= 0.3 is 0 Å². The zero-order valence-electron chi connectivity index (χ0n) is 14.0. The Morgan fingerprint density at radius 1 is 0.731 bits per heavy atom. The summed E-state index contributed by atoms with van der Waals surface area (Å²) < 4.78 is 0. The van der Waals surface area contributed by atoms with Gasteiger partial charge in [0.15, 0.2) is 0 Å². The van der Waals surface area contributed by atoms with Crippen LogP contribution in [0.3, 0.4) is 0 Å². The van der Waals surface area contributed by atoms with Gasteiger partial charge in [-0.15, -0.1) is 0 Å². The van der Waals surface area contributed by atoms with Crippen molar-refractivity contribution in [2.24, 2.45) is 0 Å². The van der Waals surface area contributed by atoms with E-state index in [1.54, 1.807) is 6.07 Å². The molecule has 2 heteroatoms. The number of phenolic OH excluding ortho intramolecular Hbond substituents is 1. The Morgan fingerprint density at radius 2 is 1.42 bits per heavy atom. The minimum atomic E-state index is 0.0740. The highest BCUT2D eigenvalue weighted by Crippen LogP contribution is 2.38. The van der Waals surface area contributed by atoms with Crippen LogP contribution in [0.1, 0.15) is 11.1 Å². The van der Waals surface area contributed by atoms with E-state index >= 15 is 0 Å². The van der Waals surface area contributed by atoms with Crippen molar-refractivity contribution < 1.29 is 9.90 Å². The summed E-state index contributed by atoms with van der Waals surface area (Å²) in [6.07, 6.45) is 0. The van der Waals surface area contributed by atoms with E-state index in [-0.39, 0.29) is 5.75 Å². The summed E-state index contributed by atoms with van der Waals surface area (Å²) in [6, 6.07) is 28.8. The van der Waals surface area contributed by atoms with Gasteiger partial charge in [0, 0.05) is 11.1 Å². The monoisotopic (exact) mass is 336 g/mol. The Kier molecular flexibility index (Phi) is 4.10. The first-order valence-corrected chi connectivity index (χ1v) is 8.40. The summed E-state index contributed by atoms with van der Waals surface area (Å²) >= 11 is 0. The largest absolute Gasteiger partial charge is 0.507 e. The van der Waals surface area contributed by atoms with Crippen LogP contribution in [0.25, 0.3) is 27.5 Å². The van der Waals surface area contributed by atoms with Crippen molar-refractivity contribution in [3.63, 3.8) is 0 Å². The standard InChI is InChI=1S/C24H16O2/c25-16-22(24-20-12-5-4-10-18(20)14-15-23(24)26)21-13-7-6-11-19(21)17-8-2-1-3-9-17/h1-15,26H. The number of carbonyl (C=O) groups excluding carboxylic acids is 1. The smallest absolute Gasteiger partial charge is 0.133 e. The van der Waals surface area contributed by atoms with E-state index < -0.39 is 0 Å². The van der Waals surface area contributed by atoms with Gasteiger partial charge in [0.05, 0.1) is 5.57 Å². The third-order valence-corrected chi connectivity index (χ3v) is 4.54. The minimum Gasteiger partial charge on any atom is -0.507 e. The molecule has 0 saturated carbocycles. The van der Waals surface area contributed by atoms with Gasteiger partial charge in [-0.2, -0.15) is 0 Å². The normalized spacial score (nSPS) is 10.5. The number of aromatic hydroxyl groups is 1. The van der Waals surface area contributed by atoms with Crippen LogP contribution >= 0.6 is 0 Å². The van der Waals surface area contributed by atoms with Gasteiger partial charge < -0.3 is 5.11 Å². The Labute approximate surface area is 151 Å². The summed E-state index contributed by atoms with van der Waals surface area (Å²) in [5.74, 6) is 2.16. The lowest BCUT2D eigenvalue weighted by atomic mass is 9.88. The van der Waals surface area contributed by atoms with Crippen LogP contribution in [-0.4, -0.2) is 11.0 Å². The lowest BCUT2D eigenvalue weighted by Crippen LogP contribution is -1.95. The summed E-state index contributed by atoms with van der Waals surface area (Å²) in [6.45, 7) is 0. The Bertz CT molecular complexity index is 1140. The van der Waals surface area contributed by atoms with Crippen molar-refractivity contribution in [1.82, 2.24) is 0 Å². The van der Waals surface area contributed by atoms with Gasteiger partial charge in [-0.3, -0.25) is 0 Å². The van der Waals surface area contributed by atoms with Crippen molar-refractivity contribution in [3.8, 4) is 16.9 Å². The maximum Gasteiger partial charge on any atom is 0.133 e. The predicted octanol–water partition coefficient (Wildman–Crippen LogP) is 5.48. The molecule has 0 atom stereocenters. The maximum absolute atomic E-state index is 12.0. The minimum absolute atomic E-state index is 0.0740. The van der Waals surface area contributed by atoms with Crippen LogP contribution < -0.4 is 0 Å². The van der Waals surface area contributed by atoms with Crippen LogP contribution in [0.2, 0.25) is 0 Å². The van der Waals surface area contributed by atoms with Crippen LogP contribution in [0.5, 0.6) is 5.75 Å². The molecule has 0 radical (unpaired) electrons. The molecule has 0 aliphatic rings. The molecule has 0 saturated heterocycles. The number of hydrogen-bond donors (Lipinski definition) is 1. The van der Waals surface area contributed by atoms with Crippen LogP contribution in [-0.2, 0) is 4.79 Å². The fourth-order valence-corrected chi connectivity index (χ4v) is 3.33. The lowest BCUT2D eigenvalue weighted by Gasteiger charge is -2.14. The SMILES string of the molecule is O=C=C(c1ccccc1-c1ccccc1)c1c(O)ccc2ccccc12. The molecular formula is C24H16O2. The molecule has 0 aliphatic heterocycles. The van der Waals surface area contributed by atoms with Crippen molar-refractivity contribution in [2.75, 3.05) is 0 Å². The zero-order chi connectivity index (χ0) is 17.9. The average Bonchev–Trinajstić information content (AvgIpc) is 2.71. The van der Waals surface area contributed by atoms with E-state index in [2.05, 4.69) is 5.94 Å². The quantitative estimate of drug-likeness (QED) is 0.503. The van der Waals surface area contributed by atoms with Crippen molar-refractivity contribution >= 4 is 22.3 Å². The summed E-state index contributed by atoms with van der Waals surface area (Å²) in [5.41, 5.74) is 3.56. The molecule has 26 heavy (non-hydrogen) atoms. The first-order chi connectivity index (χ1) is 12.8. The highest BCUT2D eigenvalue weighted by molar-refractivity contribution is 6.09. The second kappa shape index (κ2) is 6.72. The maximum atomic E-state index is 12.0. The molecule has 0 spiro atoms. The first kappa shape index (κ1) is 15.9. The molecule has 0 fully saturated rings. The highest BCUT2D eigenvalue weighted by Gasteiger charge is 2.18. The second-order valence-electron chi connectivity index (χ2n) is 6.07. The number of fused-ring (bicyclic) bond motifs is 1.